The number of hydrogen-bond acceptors (Lipinski definition) is 4. The topological polar surface area (TPSA) is 74.1 Å². The number of rotatable bonds is 3. The van der Waals surface area contributed by atoms with E-state index in [9.17, 15) is 19.1 Å². The van der Waals surface area contributed by atoms with Crippen molar-refractivity contribution < 1.29 is 28.7 Å². The average Bonchev–Trinajstić information content (AvgIpc) is 2.48. The molecule has 6 nitrogen and oxygen atoms in total. The van der Waals surface area contributed by atoms with E-state index in [2.05, 4.69) is 0 Å². The quantitative estimate of drug-likeness (QED) is 0.825. The molecule has 1 fully saturated rings. The maximum atomic E-state index is 13.0. The Bertz CT molecular complexity index is 590. The molecule has 0 aliphatic carbocycles. The Morgan fingerprint density at radius 3 is 2.21 bits per heavy atom. The van der Waals surface area contributed by atoms with Gasteiger partial charge < -0.3 is 19.5 Å². The summed E-state index contributed by atoms with van der Waals surface area (Å²) < 4.78 is 18.4. The number of nitrogens with one attached hydrogen (secondary N) is 1. The van der Waals surface area contributed by atoms with Gasteiger partial charge >= 0.3 is 6.09 Å². The Morgan fingerprint density at radius 1 is 1.21 bits per heavy atom. The molecule has 1 aromatic carbocycles. The number of carbonyl (C=O) groups excluding carboxylic acids is 2. The third-order valence-corrected chi connectivity index (χ3v) is 3.90. The molecule has 0 spiro atoms. The molecule has 1 atom stereocenters. The lowest BCUT2D eigenvalue weighted by molar-refractivity contribution is -0.928. The number of carboxylic acid groups (broad SMARTS) is 1. The fourth-order valence-corrected chi connectivity index (χ4v) is 2.79. The van der Waals surface area contributed by atoms with E-state index in [1.807, 2.05) is 0 Å². The van der Waals surface area contributed by atoms with Crippen LogP contribution in [0.2, 0.25) is 0 Å². The minimum absolute atomic E-state index is 0.395. The summed E-state index contributed by atoms with van der Waals surface area (Å²) in [6.45, 7) is 7.10. The molecule has 1 aliphatic rings. The molecule has 0 bridgehead atoms. The molecule has 0 radical (unpaired) electrons. The molecular formula is C17H23FN2O4. The molecule has 0 unspecified atom stereocenters. The van der Waals surface area contributed by atoms with Crippen LogP contribution in [0.5, 0.6) is 0 Å². The number of ether oxygens (including phenoxy) is 1. The average molecular weight is 338 g/mol. The first-order valence-electron chi connectivity index (χ1n) is 7.96. The molecule has 1 aromatic rings. The number of carboxylic acids is 1. The molecule has 2 rings (SSSR count). The number of halogens is 1. The molecule has 24 heavy (non-hydrogen) atoms. The van der Waals surface area contributed by atoms with Crippen molar-refractivity contribution in [3.8, 4) is 0 Å². The highest BCUT2D eigenvalue weighted by molar-refractivity contribution is 5.72. The van der Waals surface area contributed by atoms with Gasteiger partial charge in [-0.05, 0) is 45.0 Å². The van der Waals surface area contributed by atoms with Gasteiger partial charge in [0.05, 0.1) is 26.2 Å². The zero-order chi connectivity index (χ0) is 17.9. The van der Waals surface area contributed by atoms with Crippen molar-refractivity contribution in [3.05, 3.63) is 35.6 Å². The van der Waals surface area contributed by atoms with Gasteiger partial charge in [0.1, 0.15) is 17.4 Å². The van der Waals surface area contributed by atoms with Crippen LogP contribution in [0.3, 0.4) is 0 Å². The number of amides is 1. The SMILES string of the molecule is CC(C)(C)OC(=O)N1CC[NH+]([C@@H](C(=O)[O-])c2ccc(F)cc2)CC1. The number of carbonyl (C=O) groups is 2. The predicted octanol–water partition coefficient (Wildman–Crippen LogP) is -0.248. The third-order valence-electron chi connectivity index (χ3n) is 3.90. The summed E-state index contributed by atoms with van der Waals surface area (Å²) in [6.07, 6.45) is -0.395. The number of benzene rings is 1. The Labute approximate surface area is 140 Å². The van der Waals surface area contributed by atoms with Gasteiger partial charge in [-0.15, -0.1) is 0 Å². The van der Waals surface area contributed by atoms with Crippen molar-refractivity contribution in [2.45, 2.75) is 32.4 Å². The standard InChI is InChI=1S/C17H23FN2O4/c1-17(2,3)24-16(23)20-10-8-19(9-11-20)14(15(21)22)12-4-6-13(18)7-5-12/h4-7,14H,8-11H2,1-3H3,(H,21,22)/t14-/m1/s1. The van der Waals surface area contributed by atoms with Crippen molar-refractivity contribution in [2.75, 3.05) is 26.2 Å². The molecule has 1 saturated heterocycles. The van der Waals surface area contributed by atoms with E-state index in [4.69, 9.17) is 4.74 Å². The number of piperazine rings is 1. The first-order chi connectivity index (χ1) is 11.2. The second kappa shape index (κ2) is 7.17. The maximum absolute atomic E-state index is 13.0. The van der Waals surface area contributed by atoms with Gasteiger partial charge in [-0.1, -0.05) is 0 Å². The highest BCUT2D eigenvalue weighted by Crippen LogP contribution is 2.13. The van der Waals surface area contributed by atoms with Gasteiger partial charge in [0.25, 0.3) is 0 Å². The van der Waals surface area contributed by atoms with Gasteiger partial charge in [0.15, 0.2) is 6.04 Å². The Balaban J connectivity index is 2.02. The Morgan fingerprint density at radius 2 is 1.75 bits per heavy atom. The monoisotopic (exact) mass is 338 g/mol. The van der Waals surface area contributed by atoms with Crippen LogP contribution in [0.25, 0.3) is 0 Å². The molecule has 1 heterocycles. The van der Waals surface area contributed by atoms with Gasteiger partial charge in [-0.2, -0.15) is 0 Å². The van der Waals surface area contributed by atoms with E-state index in [0.717, 1.165) is 4.90 Å². The first kappa shape index (κ1) is 18.2. The largest absolute Gasteiger partial charge is 0.544 e. The molecule has 1 amide bonds. The predicted molar refractivity (Wildman–Crippen MR) is 82.7 cm³/mol. The van der Waals surface area contributed by atoms with Crippen LogP contribution in [0.4, 0.5) is 9.18 Å². The van der Waals surface area contributed by atoms with Gasteiger partial charge in [-0.25, -0.2) is 9.18 Å². The first-order valence-corrected chi connectivity index (χ1v) is 7.96. The van der Waals surface area contributed by atoms with Crippen LogP contribution in [-0.4, -0.2) is 48.7 Å². The van der Waals surface area contributed by atoms with Crippen molar-refractivity contribution >= 4 is 12.1 Å². The normalized spacial score (nSPS) is 17.4. The summed E-state index contributed by atoms with van der Waals surface area (Å²) in [5.41, 5.74) is -0.0694. The molecule has 1 aliphatic heterocycles. The molecule has 0 aromatic heterocycles. The van der Waals surface area contributed by atoms with Crippen molar-refractivity contribution in [3.63, 3.8) is 0 Å². The van der Waals surface area contributed by atoms with E-state index in [0.29, 0.717) is 31.7 Å². The number of aliphatic carboxylic acids is 1. The number of hydrogen-bond donors (Lipinski definition) is 1. The lowest BCUT2D eigenvalue weighted by Gasteiger charge is -2.37. The third kappa shape index (κ3) is 4.67. The Hall–Kier alpha value is -2.15. The lowest BCUT2D eigenvalue weighted by Crippen LogP contribution is -3.16. The summed E-state index contributed by atoms with van der Waals surface area (Å²) in [5, 5.41) is 11.6. The molecule has 1 N–H and O–H groups in total. The second-order valence-corrected chi connectivity index (χ2v) is 6.93. The van der Waals surface area contributed by atoms with E-state index in [1.54, 1.807) is 25.7 Å². The van der Waals surface area contributed by atoms with Gasteiger partial charge in [-0.3, -0.25) is 4.90 Å². The molecule has 132 valence electrons. The molecule has 0 saturated carbocycles. The highest BCUT2D eigenvalue weighted by Gasteiger charge is 2.32. The van der Waals surface area contributed by atoms with Gasteiger partial charge in [0, 0.05) is 5.56 Å². The van der Waals surface area contributed by atoms with Crippen LogP contribution in [0.1, 0.15) is 32.4 Å². The minimum atomic E-state index is -1.21. The molecular weight excluding hydrogens is 315 g/mol. The van der Waals surface area contributed by atoms with Crippen molar-refractivity contribution in [1.82, 2.24) is 4.90 Å². The lowest BCUT2D eigenvalue weighted by atomic mass is 10.0. The smallest absolute Gasteiger partial charge is 0.410 e. The summed E-state index contributed by atoms with van der Waals surface area (Å²) in [5.74, 6) is -1.62. The number of nitrogens with zero attached hydrogens (tertiary/aromatic N) is 1. The van der Waals surface area contributed by atoms with Crippen LogP contribution < -0.4 is 10.0 Å². The zero-order valence-corrected chi connectivity index (χ0v) is 14.2. The van der Waals surface area contributed by atoms with E-state index < -0.39 is 29.5 Å². The van der Waals surface area contributed by atoms with Crippen molar-refractivity contribution in [2.24, 2.45) is 0 Å². The van der Waals surface area contributed by atoms with E-state index >= 15 is 0 Å². The highest BCUT2D eigenvalue weighted by atomic mass is 19.1. The Kier molecular flexibility index (Phi) is 5.43. The van der Waals surface area contributed by atoms with Crippen molar-refractivity contribution in [1.29, 1.82) is 0 Å². The van der Waals surface area contributed by atoms with Crippen LogP contribution in [-0.2, 0) is 9.53 Å². The zero-order valence-electron chi connectivity index (χ0n) is 14.2. The molecule has 7 heteroatoms. The second-order valence-electron chi connectivity index (χ2n) is 6.93. The van der Waals surface area contributed by atoms with Crippen LogP contribution >= 0.6 is 0 Å². The summed E-state index contributed by atoms with van der Waals surface area (Å²) in [7, 11) is 0. The fourth-order valence-electron chi connectivity index (χ4n) is 2.79. The van der Waals surface area contributed by atoms with E-state index in [1.165, 1.54) is 24.3 Å². The summed E-state index contributed by atoms with van der Waals surface area (Å²) in [6, 6.07) is 4.52. The number of quaternary nitrogens is 1. The summed E-state index contributed by atoms with van der Waals surface area (Å²) in [4.78, 5) is 26.0. The minimum Gasteiger partial charge on any atom is -0.544 e. The van der Waals surface area contributed by atoms with Crippen LogP contribution in [0, 0.1) is 5.82 Å². The van der Waals surface area contributed by atoms with E-state index in [-0.39, 0.29) is 0 Å². The maximum Gasteiger partial charge on any atom is 0.410 e. The fraction of sp³-hybridized carbons (Fsp3) is 0.529. The summed E-state index contributed by atoms with van der Waals surface area (Å²) >= 11 is 0. The van der Waals surface area contributed by atoms with Crippen LogP contribution in [0.15, 0.2) is 24.3 Å². The van der Waals surface area contributed by atoms with Gasteiger partial charge in [0.2, 0.25) is 0 Å².